The predicted molar refractivity (Wildman–Crippen MR) is 138 cm³/mol. The Morgan fingerprint density at radius 3 is 2.09 bits per heavy atom. The third kappa shape index (κ3) is 4.11. The quantitative estimate of drug-likeness (QED) is 0.316. The smallest absolute Gasteiger partial charge is 0.250 e. The Bertz CT molecular complexity index is 1220. The van der Waals surface area contributed by atoms with Gasteiger partial charge in [-0.1, -0.05) is 81.4 Å². The van der Waals surface area contributed by atoms with E-state index in [4.69, 9.17) is 4.43 Å². The highest BCUT2D eigenvalue weighted by Gasteiger charge is 2.40. The third-order valence-corrected chi connectivity index (χ3v) is 10.7. The number of nitrogens with zero attached hydrogens (tertiary/aromatic N) is 1. The van der Waals surface area contributed by atoms with Gasteiger partial charge in [0.15, 0.2) is 0 Å². The van der Waals surface area contributed by atoms with Crippen LogP contribution < -0.4 is 9.33 Å². The van der Waals surface area contributed by atoms with Gasteiger partial charge in [0.2, 0.25) is 0 Å². The summed E-state index contributed by atoms with van der Waals surface area (Å²) in [6, 6.07) is 30.3. The van der Waals surface area contributed by atoms with E-state index in [2.05, 4.69) is 81.2 Å². The zero-order chi connectivity index (χ0) is 22.9. The minimum Gasteiger partial charge on any atom is -0.542 e. The van der Waals surface area contributed by atoms with Gasteiger partial charge in [0.05, 0.1) is 5.69 Å². The van der Waals surface area contributed by atoms with Gasteiger partial charge in [-0.05, 0) is 53.9 Å². The maximum absolute atomic E-state index is 11.1. The van der Waals surface area contributed by atoms with Crippen molar-refractivity contribution in [3.05, 3.63) is 91.0 Å². The zero-order valence-corrected chi connectivity index (χ0v) is 20.5. The van der Waals surface area contributed by atoms with Crippen molar-refractivity contribution in [2.45, 2.75) is 38.9 Å². The Morgan fingerprint density at radius 1 is 0.750 bits per heavy atom. The van der Waals surface area contributed by atoms with E-state index in [1.807, 2.05) is 42.5 Å². The minimum absolute atomic E-state index is 0.0345. The lowest BCUT2D eigenvalue weighted by atomic mass is 10.1. The van der Waals surface area contributed by atoms with Gasteiger partial charge in [0, 0.05) is 11.1 Å². The molecule has 0 saturated heterocycles. The fourth-order valence-electron chi connectivity index (χ4n) is 3.61. The van der Waals surface area contributed by atoms with Crippen molar-refractivity contribution < 1.29 is 9.53 Å². The summed E-state index contributed by atoms with van der Waals surface area (Å²) < 4.78 is 6.75. The lowest BCUT2D eigenvalue weighted by molar-refractivity contribution is 0.463. The number of hydrogen-bond donors (Lipinski definition) is 1. The number of phenolic OH excluding ortho intramolecular Hbond substituents is 1. The number of hydrogen-bond acceptors (Lipinski definition) is 3. The van der Waals surface area contributed by atoms with Gasteiger partial charge in [-0.15, -0.1) is 0 Å². The molecule has 4 aromatic rings. The van der Waals surface area contributed by atoms with Crippen LogP contribution in [0.15, 0.2) is 91.0 Å². The molecular weight excluding hydrogens is 410 g/mol. The molecule has 0 heterocycles. The third-order valence-electron chi connectivity index (χ3n) is 6.39. The zero-order valence-electron chi connectivity index (χ0n) is 19.5. The van der Waals surface area contributed by atoms with Crippen molar-refractivity contribution in [1.29, 1.82) is 0 Å². The van der Waals surface area contributed by atoms with E-state index in [1.165, 1.54) is 0 Å². The standard InChI is InChI=1S/C28H31NO2Si/c1-28(2,3)32(4,5)31-26-20-12-19-25(30)27(26)29(22-15-7-6-8-16-22)24-18-11-14-21-13-9-10-17-23(21)24/h6-20,30H,1-5H3. The highest BCUT2D eigenvalue weighted by atomic mass is 28.4. The van der Waals surface area contributed by atoms with Crippen LogP contribution in [0.1, 0.15) is 20.8 Å². The monoisotopic (exact) mass is 441 g/mol. The summed E-state index contributed by atoms with van der Waals surface area (Å²) in [7, 11) is -2.14. The van der Waals surface area contributed by atoms with Gasteiger partial charge in [-0.2, -0.15) is 0 Å². The average Bonchev–Trinajstić information content (AvgIpc) is 2.76. The molecule has 32 heavy (non-hydrogen) atoms. The van der Waals surface area contributed by atoms with Gasteiger partial charge in [-0.25, -0.2) is 0 Å². The van der Waals surface area contributed by atoms with Crippen LogP contribution in [0.5, 0.6) is 11.5 Å². The van der Waals surface area contributed by atoms with Crippen LogP contribution in [0, 0.1) is 0 Å². The summed E-state index contributed by atoms with van der Waals surface area (Å²) in [4.78, 5) is 2.11. The van der Waals surface area contributed by atoms with Crippen molar-refractivity contribution in [2.24, 2.45) is 0 Å². The molecule has 0 spiro atoms. The Labute approximate surface area is 192 Å². The van der Waals surface area contributed by atoms with Crippen molar-refractivity contribution in [2.75, 3.05) is 4.90 Å². The SMILES string of the molecule is CC(C)(C)[Si](C)(C)Oc1cccc(O)c1N(c1ccccc1)c1cccc2ccccc12. The number of fused-ring (bicyclic) bond motifs is 1. The molecule has 0 aromatic heterocycles. The van der Waals surface area contributed by atoms with Gasteiger partial charge in [0.1, 0.15) is 17.2 Å². The average molecular weight is 442 g/mol. The minimum atomic E-state index is -2.14. The lowest BCUT2D eigenvalue weighted by Crippen LogP contribution is -2.44. The molecule has 0 unspecified atom stereocenters. The summed E-state index contributed by atoms with van der Waals surface area (Å²) in [5.41, 5.74) is 2.63. The van der Waals surface area contributed by atoms with E-state index in [0.717, 1.165) is 22.1 Å². The number of phenols is 1. The molecule has 0 atom stereocenters. The van der Waals surface area contributed by atoms with Crippen molar-refractivity contribution >= 4 is 36.2 Å². The highest BCUT2D eigenvalue weighted by molar-refractivity contribution is 6.74. The summed E-state index contributed by atoms with van der Waals surface area (Å²) in [5.74, 6) is 0.895. The summed E-state index contributed by atoms with van der Waals surface area (Å²) in [5, 5.41) is 13.4. The number of benzene rings is 4. The Balaban J connectivity index is 1.98. The predicted octanol–water partition coefficient (Wildman–Crippen LogP) is 8.40. The van der Waals surface area contributed by atoms with E-state index in [1.54, 1.807) is 6.07 Å². The topological polar surface area (TPSA) is 32.7 Å². The van der Waals surface area contributed by atoms with Crippen LogP contribution in [0.3, 0.4) is 0 Å². The van der Waals surface area contributed by atoms with Gasteiger partial charge < -0.3 is 14.4 Å². The number of anilines is 3. The van der Waals surface area contributed by atoms with Gasteiger partial charge >= 0.3 is 0 Å². The fraction of sp³-hybridized carbons (Fsp3) is 0.214. The first-order chi connectivity index (χ1) is 15.2. The van der Waals surface area contributed by atoms with E-state index in [0.29, 0.717) is 11.4 Å². The maximum atomic E-state index is 11.1. The largest absolute Gasteiger partial charge is 0.542 e. The molecule has 0 saturated carbocycles. The fourth-order valence-corrected chi connectivity index (χ4v) is 4.64. The molecule has 4 heteroatoms. The summed E-state index contributed by atoms with van der Waals surface area (Å²) in [6.07, 6.45) is 0. The van der Waals surface area contributed by atoms with E-state index in [-0.39, 0.29) is 10.8 Å². The van der Waals surface area contributed by atoms with Gasteiger partial charge in [-0.3, -0.25) is 0 Å². The van der Waals surface area contributed by atoms with Crippen LogP contribution in [0.25, 0.3) is 10.8 Å². The molecule has 1 N–H and O–H groups in total. The Kier molecular flexibility index (Phi) is 5.74. The molecule has 0 aliphatic heterocycles. The van der Waals surface area contributed by atoms with E-state index in [9.17, 15) is 5.11 Å². The summed E-state index contributed by atoms with van der Waals surface area (Å²) >= 11 is 0. The Morgan fingerprint density at radius 2 is 1.38 bits per heavy atom. The number of para-hydroxylation sites is 2. The molecule has 0 radical (unpaired) electrons. The van der Waals surface area contributed by atoms with Crippen molar-refractivity contribution in [3.63, 3.8) is 0 Å². The molecule has 0 fully saturated rings. The second-order valence-electron chi connectivity index (χ2n) is 9.66. The molecular formula is C28H31NO2Si. The highest BCUT2D eigenvalue weighted by Crippen LogP contribution is 2.49. The van der Waals surface area contributed by atoms with Crippen LogP contribution in [-0.2, 0) is 0 Å². The molecule has 3 nitrogen and oxygen atoms in total. The van der Waals surface area contributed by atoms with Crippen LogP contribution in [0.4, 0.5) is 17.1 Å². The summed E-state index contributed by atoms with van der Waals surface area (Å²) in [6.45, 7) is 11.1. The van der Waals surface area contributed by atoms with Crippen molar-refractivity contribution in [3.8, 4) is 11.5 Å². The van der Waals surface area contributed by atoms with Gasteiger partial charge in [0.25, 0.3) is 8.32 Å². The molecule has 0 bridgehead atoms. The molecule has 0 aliphatic rings. The first-order valence-corrected chi connectivity index (χ1v) is 13.9. The van der Waals surface area contributed by atoms with Crippen LogP contribution in [0.2, 0.25) is 18.1 Å². The normalized spacial score (nSPS) is 12.0. The second kappa shape index (κ2) is 8.36. The molecule has 4 aromatic carbocycles. The molecule has 164 valence electrons. The van der Waals surface area contributed by atoms with Crippen molar-refractivity contribution in [1.82, 2.24) is 0 Å². The van der Waals surface area contributed by atoms with E-state index < -0.39 is 8.32 Å². The maximum Gasteiger partial charge on any atom is 0.250 e. The number of rotatable bonds is 5. The van der Waals surface area contributed by atoms with Crippen LogP contribution in [-0.4, -0.2) is 13.4 Å². The molecule has 0 amide bonds. The second-order valence-corrected chi connectivity index (χ2v) is 14.4. The molecule has 4 rings (SSSR count). The lowest BCUT2D eigenvalue weighted by Gasteiger charge is -2.38. The molecule has 0 aliphatic carbocycles. The first kappa shape index (κ1) is 22.0. The number of aromatic hydroxyl groups is 1. The van der Waals surface area contributed by atoms with Crippen LogP contribution >= 0.6 is 0 Å². The first-order valence-electron chi connectivity index (χ1n) is 11.0. The van der Waals surface area contributed by atoms with E-state index >= 15 is 0 Å². The Hall–Kier alpha value is -3.24.